The summed E-state index contributed by atoms with van der Waals surface area (Å²) in [5.74, 6) is 0.200. The Morgan fingerprint density at radius 1 is 1.47 bits per heavy atom. The molecule has 0 saturated carbocycles. The molecule has 0 aliphatic rings. The van der Waals surface area contributed by atoms with Gasteiger partial charge in [-0.3, -0.25) is 4.79 Å². The van der Waals surface area contributed by atoms with Gasteiger partial charge in [0.15, 0.2) is 0 Å². The van der Waals surface area contributed by atoms with E-state index in [4.69, 9.17) is 0 Å². The number of ketones is 1. The number of hydrogen-bond donors (Lipinski definition) is 1. The van der Waals surface area contributed by atoms with Gasteiger partial charge in [-0.25, -0.2) is 4.98 Å². The second-order valence-corrected chi connectivity index (χ2v) is 4.84. The molecule has 1 unspecified atom stereocenters. The number of carbonyl (C=O) groups excluding carboxylic acids is 1. The molecule has 0 saturated heterocycles. The van der Waals surface area contributed by atoms with Crippen LogP contribution in [0.3, 0.4) is 0 Å². The van der Waals surface area contributed by atoms with Gasteiger partial charge in [-0.05, 0) is 18.6 Å². The van der Waals surface area contributed by atoms with Crippen LogP contribution in [0.4, 0.5) is 0 Å². The number of aromatic nitrogens is 2. The molecule has 3 nitrogen and oxygen atoms in total. The minimum Gasteiger partial charge on any atom is -0.348 e. The Morgan fingerprint density at radius 3 is 2.82 bits per heavy atom. The number of aromatic amines is 1. The Bertz CT molecular complexity index is 508. The van der Waals surface area contributed by atoms with Gasteiger partial charge in [0, 0.05) is 28.7 Å². The highest BCUT2D eigenvalue weighted by molar-refractivity contribution is 9.10. The quantitative estimate of drug-likeness (QED) is 0.940. The van der Waals surface area contributed by atoms with Crippen molar-refractivity contribution in [2.45, 2.75) is 19.3 Å². The summed E-state index contributed by atoms with van der Waals surface area (Å²) in [4.78, 5) is 18.5. The number of benzene rings is 1. The summed E-state index contributed by atoms with van der Waals surface area (Å²) in [6.45, 7) is 1.61. The molecule has 2 aromatic rings. The zero-order valence-corrected chi connectivity index (χ0v) is 11.1. The Kier molecular flexibility index (Phi) is 3.74. The predicted molar refractivity (Wildman–Crippen MR) is 69.9 cm³/mol. The van der Waals surface area contributed by atoms with Crippen molar-refractivity contribution >= 4 is 21.7 Å². The molecule has 17 heavy (non-hydrogen) atoms. The van der Waals surface area contributed by atoms with E-state index in [2.05, 4.69) is 25.9 Å². The number of rotatable bonds is 4. The molecule has 1 aromatic carbocycles. The molecule has 0 bridgehead atoms. The normalized spacial score (nSPS) is 12.4. The lowest BCUT2D eigenvalue weighted by molar-refractivity contribution is -0.117. The number of halogens is 1. The molecular formula is C13H13BrN2O. The summed E-state index contributed by atoms with van der Waals surface area (Å²) in [5.41, 5.74) is 2.07. The Hall–Kier alpha value is -1.42. The summed E-state index contributed by atoms with van der Waals surface area (Å²) in [6.07, 6.45) is 3.89. The van der Waals surface area contributed by atoms with E-state index in [0.29, 0.717) is 6.42 Å². The third-order valence-electron chi connectivity index (χ3n) is 2.67. The first-order valence-electron chi connectivity index (χ1n) is 5.40. The SMILES string of the molecule is CC(=O)CC(c1cnc[nH]1)c1ccccc1Br. The zero-order valence-electron chi connectivity index (χ0n) is 9.48. The molecule has 4 heteroatoms. The minimum absolute atomic E-state index is 0.0329. The number of Topliss-reactive ketones (excluding diaryl/α,β-unsaturated/α-hetero) is 1. The number of H-pyrrole nitrogens is 1. The van der Waals surface area contributed by atoms with Gasteiger partial charge in [0.25, 0.3) is 0 Å². The molecule has 0 fully saturated rings. The maximum atomic E-state index is 11.4. The largest absolute Gasteiger partial charge is 0.348 e. The van der Waals surface area contributed by atoms with E-state index in [1.54, 1.807) is 19.4 Å². The van der Waals surface area contributed by atoms with Crippen LogP contribution < -0.4 is 0 Å². The Morgan fingerprint density at radius 2 is 2.24 bits per heavy atom. The van der Waals surface area contributed by atoms with Gasteiger partial charge in [0.05, 0.1) is 6.33 Å². The summed E-state index contributed by atoms with van der Waals surface area (Å²) < 4.78 is 1.01. The van der Waals surface area contributed by atoms with Gasteiger partial charge < -0.3 is 4.98 Å². The Labute approximate surface area is 108 Å². The maximum Gasteiger partial charge on any atom is 0.130 e. The van der Waals surface area contributed by atoms with Crippen LogP contribution in [0.1, 0.15) is 30.5 Å². The van der Waals surface area contributed by atoms with Gasteiger partial charge >= 0.3 is 0 Å². The average Bonchev–Trinajstić information content (AvgIpc) is 2.80. The smallest absolute Gasteiger partial charge is 0.130 e. The fourth-order valence-corrected chi connectivity index (χ4v) is 2.45. The summed E-state index contributed by atoms with van der Waals surface area (Å²) in [7, 11) is 0. The van der Waals surface area contributed by atoms with Crippen LogP contribution in [0.15, 0.2) is 41.3 Å². The van der Waals surface area contributed by atoms with Crippen molar-refractivity contribution in [2.24, 2.45) is 0 Å². The highest BCUT2D eigenvalue weighted by Gasteiger charge is 2.19. The molecule has 1 aromatic heterocycles. The van der Waals surface area contributed by atoms with Crippen LogP contribution >= 0.6 is 15.9 Å². The van der Waals surface area contributed by atoms with Crippen molar-refractivity contribution in [1.29, 1.82) is 0 Å². The lowest BCUT2D eigenvalue weighted by Gasteiger charge is -2.15. The number of carbonyl (C=O) groups is 1. The van der Waals surface area contributed by atoms with E-state index >= 15 is 0 Å². The van der Waals surface area contributed by atoms with Crippen molar-refractivity contribution in [3.63, 3.8) is 0 Å². The highest BCUT2D eigenvalue weighted by atomic mass is 79.9. The van der Waals surface area contributed by atoms with E-state index in [1.807, 2.05) is 24.3 Å². The lowest BCUT2D eigenvalue weighted by Crippen LogP contribution is -2.07. The van der Waals surface area contributed by atoms with Gasteiger partial charge in [-0.15, -0.1) is 0 Å². The topological polar surface area (TPSA) is 45.8 Å². The molecule has 88 valence electrons. The van der Waals surface area contributed by atoms with E-state index in [1.165, 1.54) is 0 Å². The van der Waals surface area contributed by atoms with E-state index < -0.39 is 0 Å². The molecule has 0 aliphatic carbocycles. The van der Waals surface area contributed by atoms with Crippen LogP contribution in [0.25, 0.3) is 0 Å². The molecule has 1 heterocycles. The average molecular weight is 293 g/mol. The first kappa shape index (κ1) is 12.0. The summed E-state index contributed by atoms with van der Waals surface area (Å²) in [5, 5.41) is 0. The van der Waals surface area contributed by atoms with Gasteiger partial charge in [-0.1, -0.05) is 34.1 Å². The third-order valence-corrected chi connectivity index (χ3v) is 3.39. The van der Waals surface area contributed by atoms with Gasteiger partial charge in [-0.2, -0.15) is 0 Å². The molecule has 1 N–H and O–H groups in total. The monoisotopic (exact) mass is 292 g/mol. The van der Waals surface area contributed by atoms with Gasteiger partial charge in [0.2, 0.25) is 0 Å². The number of nitrogens with one attached hydrogen (secondary N) is 1. The van der Waals surface area contributed by atoms with Crippen LogP contribution in [-0.2, 0) is 4.79 Å². The minimum atomic E-state index is 0.0329. The summed E-state index contributed by atoms with van der Waals surface area (Å²) >= 11 is 3.53. The van der Waals surface area contributed by atoms with Crippen molar-refractivity contribution in [1.82, 2.24) is 9.97 Å². The van der Waals surface area contributed by atoms with Crippen LogP contribution in [0.2, 0.25) is 0 Å². The predicted octanol–water partition coefficient (Wildman–Crippen LogP) is 3.28. The number of imidazole rings is 1. The highest BCUT2D eigenvalue weighted by Crippen LogP contribution is 2.31. The van der Waals surface area contributed by atoms with Gasteiger partial charge in [0.1, 0.15) is 5.78 Å². The number of hydrogen-bond acceptors (Lipinski definition) is 2. The maximum absolute atomic E-state index is 11.4. The van der Waals surface area contributed by atoms with Crippen molar-refractivity contribution in [3.8, 4) is 0 Å². The second-order valence-electron chi connectivity index (χ2n) is 3.99. The Balaban J connectivity index is 2.41. The van der Waals surface area contributed by atoms with Crippen LogP contribution in [0.5, 0.6) is 0 Å². The zero-order chi connectivity index (χ0) is 12.3. The molecule has 0 amide bonds. The van der Waals surface area contributed by atoms with E-state index in [-0.39, 0.29) is 11.7 Å². The van der Waals surface area contributed by atoms with Crippen LogP contribution in [0, 0.1) is 0 Å². The molecule has 2 rings (SSSR count). The molecular weight excluding hydrogens is 280 g/mol. The lowest BCUT2D eigenvalue weighted by atomic mass is 9.91. The van der Waals surface area contributed by atoms with Crippen molar-refractivity contribution in [3.05, 3.63) is 52.5 Å². The van der Waals surface area contributed by atoms with Crippen molar-refractivity contribution in [2.75, 3.05) is 0 Å². The van der Waals surface area contributed by atoms with Crippen molar-refractivity contribution < 1.29 is 4.79 Å². The second kappa shape index (κ2) is 5.27. The fraction of sp³-hybridized carbons (Fsp3) is 0.231. The molecule has 0 spiro atoms. The molecule has 1 atom stereocenters. The van der Waals surface area contributed by atoms with Crippen LogP contribution in [-0.4, -0.2) is 15.8 Å². The first-order valence-corrected chi connectivity index (χ1v) is 6.20. The molecule has 0 radical (unpaired) electrons. The standard InChI is InChI=1S/C13H13BrN2O/c1-9(17)6-11(13-7-15-8-16-13)10-4-2-3-5-12(10)14/h2-5,7-8,11H,6H2,1H3,(H,15,16). The number of nitrogens with zero attached hydrogens (tertiary/aromatic N) is 1. The fourth-order valence-electron chi connectivity index (χ4n) is 1.89. The van der Waals surface area contributed by atoms with E-state index in [9.17, 15) is 4.79 Å². The first-order chi connectivity index (χ1) is 8.18. The summed E-state index contributed by atoms with van der Waals surface area (Å²) in [6, 6.07) is 7.95. The molecule has 0 aliphatic heterocycles. The van der Waals surface area contributed by atoms with E-state index in [0.717, 1.165) is 15.7 Å². The third kappa shape index (κ3) is 2.82.